The van der Waals surface area contributed by atoms with Crippen molar-refractivity contribution in [1.82, 2.24) is 0 Å². The van der Waals surface area contributed by atoms with E-state index in [4.69, 9.17) is 4.74 Å². The van der Waals surface area contributed by atoms with Crippen molar-refractivity contribution in [3.63, 3.8) is 0 Å². The molecule has 0 N–H and O–H groups in total. The van der Waals surface area contributed by atoms with Crippen LogP contribution in [-0.2, 0) is 6.42 Å². The van der Waals surface area contributed by atoms with Gasteiger partial charge in [0.15, 0.2) is 11.6 Å². The van der Waals surface area contributed by atoms with Crippen LogP contribution in [0.25, 0.3) is 0 Å². The van der Waals surface area contributed by atoms with Crippen molar-refractivity contribution in [2.75, 3.05) is 6.61 Å². The van der Waals surface area contributed by atoms with Gasteiger partial charge in [-0.05, 0) is 40.3 Å². The van der Waals surface area contributed by atoms with E-state index in [1.165, 1.54) is 11.6 Å². The monoisotopic (exact) mass is 342 g/mol. The summed E-state index contributed by atoms with van der Waals surface area (Å²) in [6, 6.07) is 15.0. The minimum Gasteiger partial charge on any atom is -0.489 e. The minimum atomic E-state index is -0.301. The molecule has 0 aliphatic heterocycles. The number of halogens is 2. The van der Waals surface area contributed by atoms with E-state index < -0.39 is 0 Å². The molecule has 0 spiro atoms. The molecule has 0 radical (unpaired) electrons. The summed E-state index contributed by atoms with van der Waals surface area (Å²) >= 11 is 2.08. The minimum absolute atomic E-state index is 0.301. The Morgan fingerprint density at radius 2 is 1.76 bits per heavy atom. The van der Waals surface area contributed by atoms with Crippen molar-refractivity contribution in [1.29, 1.82) is 0 Å². The third kappa shape index (κ3) is 3.43. The second kappa shape index (κ2) is 6.00. The summed E-state index contributed by atoms with van der Waals surface area (Å²) in [7, 11) is 0. The fraction of sp³-hybridized carbons (Fsp3) is 0.143. The third-order valence-corrected chi connectivity index (χ3v) is 3.25. The molecule has 2 aromatic carbocycles. The van der Waals surface area contributed by atoms with E-state index in [2.05, 4.69) is 22.6 Å². The van der Waals surface area contributed by atoms with Crippen molar-refractivity contribution in [3.05, 3.63) is 63.5 Å². The van der Waals surface area contributed by atoms with Gasteiger partial charge in [-0.25, -0.2) is 4.39 Å². The molecule has 0 aliphatic rings. The first-order chi connectivity index (χ1) is 8.27. The Bertz CT molecular complexity index is 465. The predicted octanol–water partition coefficient (Wildman–Crippen LogP) is 4.05. The molecule has 17 heavy (non-hydrogen) atoms. The Kier molecular flexibility index (Phi) is 4.36. The maximum Gasteiger partial charge on any atom is 0.168 e. The van der Waals surface area contributed by atoms with Crippen LogP contribution in [-0.4, -0.2) is 6.61 Å². The first kappa shape index (κ1) is 12.4. The average molecular weight is 342 g/mol. The van der Waals surface area contributed by atoms with Crippen LogP contribution >= 0.6 is 22.6 Å². The lowest BCUT2D eigenvalue weighted by Crippen LogP contribution is -2.03. The highest BCUT2D eigenvalue weighted by Gasteiger charge is 2.06. The second-order valence-corrected chi connectivity index (χ2v) is 4.80. The van der Waals surface area contributed by atoms with E-state index in [1.54, 1.807) is 6.07 Å². The zero-order valence-electron chi connectivity index (χ0n) is 9.20. The summed E-state index contributed by atoms with van der Waals surface area (Å²) in [6.45, 7) is 0.487. The molecule has 0 unspecified atom stereocenters. The number of ether oxygens (including phenoxy) is 1. The van der Waals surface area contributed by atoms with Gasteiger partial charge in [-0.1, -0.05) is 36.4 Å². The molecule has 3 heteroatoms. The maximum atomic E-state index is 13.4. The average Bonchev–Trinajstić information content (AvgIpc) is 2.34. The number of rotatable bonds is 4. The molecule has 0 saturated heterocycles. The van der Waals surface area contributed by atoms with Gasteiger partial charge in [0.2, 0.25) is 0 Å². The van der Waals surface area contributed by atoms with E-state index in [9.17, 15) is 4.39 Å². The molecule has 0 bridgehead atoms. The summed E-state index contributed by atoms with van der Waals surface area (Å²) in [4.78, 5) is 0. The molecule has 0 heterocycles. The lowest BCUT2D eigenvalue weighted by atomic mass is 10.2. The fourth-order valence-corrected chi connectivity index (χ4v) is 2.16. The lowest BCUT2D eigenvalue weighted by Gasteiger charge is -2.08. The van der Waals surface area contributed by atoms with Gasteiger partial charge in [0, 0.05) is 6.42 Å². The summed E-state index contributed by atoms with van der Waals surface area (Å²) in [6.07, 6.45) is 0.783. The van der Waals surface area contributed by atoms with Gasteiger partial charge >= 0.3 is 0 Å². The summed E-state index contributed by atoms with van der Waals surface area (Å²) < 4.78 is 19.7. The standard InChI is InChI=1S/C14H12FIO/c15-12-7-4-8-13(16)14(12)17-10-9-11-5-2-1-3-6-11/h1-8H,9-10H2. The summed E-state index contributed by atoms with van der Waals surface area (Å²) in [5, 5.41) is 0. The number of hydrogen-bond donors (Lipinski definition) is 0. The van der Waals surface area contributed by atoms with E-state index in [1.807, 2.05) is 36.4 Å². The molecule has 0 atom stereocenters. The van der Waals surface area contributed by atoms with Crippen LogP contribution in [0.15, 0.2) is 48.5 Å². The van der Waals surface area contributed by atoms with Crippen molar-refractivity contribution < 1.29 is 9.13 Å². The van der Waals surface area contributed by atoms with E-state index in [-0.39, 0.29) is 5.82 Å². The summed E-state index contributed by atoms with van der Waals surface area (Å²) in [5.74, 6) is 0.0500. The molecule has 2 rings (SSSR count). The number of hydrogen-bond acceptors (Lipinski definition) is 1. The fourth-order valence-electron chi connectivity index (χ4n) is 1.54. The van der Waals surface area contributed by atoms with E-state index in [0.717, 1.165) is 9.99 Å². The smallest absolute Gasteiger partial charge is 0.168 e. The van der Waals surface area contributed by atoms with E-state index >= 15 is 0 Å². The Hall–Kier alpha value is -1.10. The van der Waals surface area contributed by atoms with E-state index in [0.29, 0.717) is 12.4 Å². The highest BCUT2D eigenvalue weighted by molar-refractivity contribution is 14.1. The highest BCUT2D eigenvalue weighted by Crippen LogP contribution is 2.24. The Labute approximate surface area is 114 Å². The SMILES string of the molecule is Fc1cccc(I)c1OCCc1ccccc1. The zero-order chi connectivity index (χ0) is 12.1. The van der Waals surface area contributed by atoms with Crippen molar-refractivity contribution in [2.24, 2.45) is 0 Å². The second-order valence-electron chi connectivity index (χ2n) is 3.63. The summed E-state index contributed by atoms with van der Waals surface area (Å²) in [5.41, 5.74) is 1.19. The Balaban J connectivity index is 1.95. The predicted molar refractivity (Wildman–Crippen MR) is 74.8 cm³/mol. The number of para-hydroxylation sites is 1. The maximum absolute atomic E-state index is 13.4. The van der Waals surface area contributed by atoms with Crippen molar-refractivity contribution in [3.8, 4) is 5.75 Å². The number of benzene rings is 2. The van der Waals surface area contributed by atoms with Crippen LogP contribution < -0.4 is 4.74 Å². The van der Waals surface area contributed by atoms with Crippen LogP contribution in [0.2, 0.25) is 0 Å². The molecular weight excluding hydrogens is 330 g/mol. The molecule has 0 aliphatic carbocycles. The van der Waals surface area contributed by atoms with Gasteiger partial charge in [-0.3, -0.25) is 0 Å². The molecule has 88 valence electrons. The van der Waals surface area contributed by atoms with Gasteiger partial charge in [0.25, 0.3) is 0 Å². The Morgan fingerprint density at radius 1 is 1.00 bits per heavy atom. The molecular formula is C14H12FIO. The molecule has 0 saturated carbocycles. The van der Waals surface area contributed by atoms with Gasteiger partial charge in [0.1, 0.15) is 0 Å². The highest BCUT2D eigenvalue weighted by atomic mass is 127. The molecule has 1 nitrogen and oxygen atoms in total. The van der Waals surface area contributed by atoms with Crippen LogP contribution in [0.3, 0.4) is 0 Å². The van der Waals surface area contributed by atoms with Crippen LogP contribution in [0.4, 0.5) is 4.39 Å². The van der Waals surface area contributed by atoms with Crippen molar-refractivity contribution in [2.45, 2.75) is 6.42 Å². The lowest BCUT2D eigenvalue weighted by molar-refractivity contribution is 0.303. The van der Waals surface area contributed by atoms with Crippen molar-refractivity contribution >= 4 is 22.6 Å². The molecule has 2 aromatic rings. The third-order valence-electron chi connectivity index (χ3n) is 2.40. The van der Waals surface area contributed by atoms with Crippen LogP contribution in [0.1, 0.15) is 5.56 Å². The first-order valence-corrected chi connectivity index (χ1v) is 6.46. The molecule has 0 aromatic heterocycles. The molecule has 0 fully saturated rings. The Morgan fingerprint density at radius 3 is 2.47 bits per heavy atom. The van der Waals surface area contributed by atoms with Crippen LogP contribution in [0.5, 0.6) is 5.75 Å². The normalized spacial score (nSPS) is 10.2. The quantitative estimate of drug-likeness (QED) is 0.762. The van der Waals surface area contributed by atoms with Gasteiger partial charge in [-0.2, -0.15) is 0 Å². The first-order valence-electron chi connectivity index (χ1n) is 5.38. The largest absolute Gasteiger partial charge is 0.489 e. The topological polar surface area (TPSA) is 9.23 Å². The van der Waals surface area contributed by atoms with Crippen LogP contribution in [0, 0.1) is 9.39 Å². The van der Waals surface area contributed by atoms with Gasteiger partial charge in [-0.15, -0.1) is 0 Å². The molecule has 0 amide bonds. The van der Waals surface area contributed by atoms with Gasteiger partial charge < -0.3 is 4.74 Å². The zero-order valence-corrected chi connectivity index (χ0v) is 11.4. The van der Waals surface area contributed by atoms with Gasteiger partial charge in [0.05, 0.1) is 10.2 Å².